The summed E-state index contributed by atoms with van der Waals surface area (Å²) in [6.07, 6.45) is 6.20. The third-order valence-corrected chi connectivity index (χ3v) is 4.07. The standard InChI is InChI=1S/C15H24N2/c1-2-15(9-6-10-15)17-12-14(16)11-13-7-4-3-5-8-13/h3-5,7-8,14,17H,2,6,9-12,16H2,1H3. The Kier molecular flexibility index (Phi) is 4.19. The van der Waals surface area contributed by atoms with E-state index in [1.807, 2.05) is 6.07 Å². The van der Waals surface area contributed by atoms with E-state index in [9.17, 15) is 0 Å². The maximum absolute atomic E-state index is 6.18. The Hall–Kier alpha value is -0.860. The highest BCUT2D eigenvalue weighted by Crippen LogP contribution is 2.34. The van der Waals surface area contributed by atoms with Crippen LogP contribution in [0.25, 0.3) is 0 Å². The maximum atomic E-state index is 6.18. The second kappa shape index (κ2) is 5.65. The van der Waals surface area contributed by atoms with Gasteiger partial charge in [0.1, 0.15) is 0 Å². The number of hydrogen-bond acceptors (Lipinski definition) is 2. The molecule has 0 heterocycles. The number of hydrogen-bond donors (Lipinski definition) is 2. The molecule has 3 N–H and O–H groups in total. The van der Waals surface area contributed by atoms with Crippen LogP contribution < -0.4 is 11.1 Å². The van der Waals surface area contributed by atoms with Crippen molar-refractivity contribution in [3.63, 3.8) is 0 Å². The Morgan fingerprint density at radius 3 is 2.53 bits per heavy atom. The minimum absolute atomic E-state index is 0.224. The van der Waals surface area contributed by atoms with Gasteiger partial charge in [-0.05, 0) is 37.7 Å². The van der Waals surface area contributed by atoms with Crippen LogP contribution in [-0.2, 0) is 6.42 Å². The number of rotatable bonds is 6. The van der Waals surface area contributed by atoms with Crippen molar-refractivity contribution in [3.8, 4) is 0 Å². The molecule has 2 rings (SSSR count). The lowest BCUT2D eigenvalue weighted by Crippen LogP contribution is -2.54. The van der Waals surface area contributed by atoms with Crippen LogP contribution in [0.5, 0.6) is 0 Å². The first-order valence-electron chi connectivity index (χ1n) is 6.79. The molecule has 0 bridgehead atoms. The van der Waals surface area contributed by atoms with E-state index in [2.05, 4.69) is 36.5 Å². The van der Waals surface area contributed by atoms with E-state index in [4.69, 9.17) is 5.73 Å². The van der Waals surface area contributed by atoms with Crippen LogP contribution in [-0.4, -0.2) is 18.1 Å². The van der Waals surface area contributed by atoms with Crippen LogP contribution in [0.4, 0.5) is 0 Å². The van der Waals surface area contributed by atoms with E-state index in [1.165, 1.54) is 31.2 Å². The molecule has 94 valence electrons. The molecule has 0 aromatic heterocycles. The second-order valence-corrected chi connectivity index (χ2v) is 5.32. The Morgan fingerprint density at radius 1 is 1.29 bits per heavy atom. The minimum atomic E-state index is 0.224. The summed E-state index contributed by atoms with van der Waals surface area (Å²) in [7, 11) is 0. The highest BCUT2D eigenvalue weighted by Gasteiger charge is 2.34. The lowest BCUT2D eigenvalue weighted by Gasteiger charge is -2.43. The molecule has 1 atom stereocenters. The van der Waals surface area contributed by atoms with Gasteiger partial charge in [-0.1, -0.05) is 37.3 Å². The summed E-state index contributed by atoms with van der Waals surface area (Å²) in [6, 6.07) is 10.7. The molecule has 2 nitrogen and oxygen atoms in total. The summed E-state index contributed by atoms with van der Waals surface area (Å²) < 4.78 is 0. The smallest absolute Gasteiger partial charge is 0.0206 e. The van der Waals surface area contributed by atoms with Crippen LogP contribution in [0.1, 0.15) is 38.2 Å². The molecule has 0 amide bonds. The quantitative estimate of drug-likeness (QED) is 0.791. The molecule has 1 fully saturated rings. The molecule has 1 aliphatic rings. The van der Waals surface area contributed by atoms with Gasteiger partial charge in [-0.3, -0.25) is 0 Å². The van der Waals surface area contributed by atoms with Crippen LogP contribution in [0, 0.1) is 0 Å². The zero-order valence-corrected chi connectivity index (χ0v) is 10.8. The normalized spacial score (nSPS) is 19.6. The fourth-order valence-corrected chi connectivity index (χ4v) is 2.60. The molecular weight excluding hydrogens is 208 g/mol. The zero-order chi connectivity index (χ0) is 12.1. The summed E-state index contributed by atoms with van der Waals surface area (Å²) in [5.41, 5.74) is 7.93. The average molecular weight is 232 g/mol. The average Bonchev–Trinajstić information content (AvgIpc) is 2.29. The van der Waals surface area contributed by atoms with Crippen molar-refractivity contribution in [2.75, 3.05) is 6.54 Å². The molecule has 2 heteroatoms. The lowest BCUT2D eigenvalue weighted by molar-refractivity contribution is 0.174. The van der Waals surface area contributed by atoms with Gasteiger partial charge < -0.3 is 11.1 Å². The van der Waals surface area contributed by atoms with E-state index < -0.39 is 0 Å². The highest BCUT2D eigenvalue weighted by molar-refractivity contribution is 5.15. The topological polar surface area (TPSA) is 38.0 Å². The van der Waals surface area contributed by atoms with Crippen LogP contribution in [0.2, 0.25) is 0 Å². The summed E-state index contributed by atoms with van der Waals surface area (Å²) in [5, 5.41) is 3.68. The maximum Gasteiger partial charge on any atom is 0.0206 e. The third-order valence-electron chi connectivity index (χ3n) is 4.07. The van der Waals surface area contributed by atoms with E-state index in [1.54, 1.807) is 0 Å². The minimum Gasteiger partial charge on any atom is -0.326 e. The predicted molar refractivity (Wildman–Crippen MR) is 73.0 cm³/mol. The zero-order valence-electron chi connectivity index (χ0n) is 10.8. The molecule has 0 aliphatic heterocycles. The molecule has 1 unspecified atom stereocenters. The Bertz CT molecular complexity index is 325. The summed E-state index contributed by atoms with van der Waals surface area (Å²) >= 11 is 0. The van der Waals surface area contributed by atoms with Crippen molar-refractivity contribution in [1.82, 2.24) is 5.32 Å². The molecule has 1 aliphatic carbocycles. The Labute approximate surface area is 105 Å². The first kappa shape index (κ1) is 12.6. The fraction of sp³-hybridized carbons (Fsp3) is 0.600. The fourth-order valence-electron chi connectivity index (χ4n) is 2.60. The molecule has 0 saturated heterocycles. The van der Waals surface area contributed by atoms with Gasteiger partial charge in [0.05, 0.1) is 0 Å². The molecule has 1 aromatic carbocycles. The predicted octanol–water partition coefficient (Wildman–Crippen LogP) is 2.48. The van der Waals surface area contributed by atoms with Crippen LogP contribution in [0.3, 0.4) is 0 Å². The SMILES string of the molecule is CCC1(NCC(N)Cc2ccccc2)CCC1. The molecule has 1 saturated carbocycles. The summed E-state index contributed by atoms with van der Waals surface area (Å²) in [4.78, 5) is 0. The number of nitrogens with two attached hydrogens (primary N) is 1. The van der Waals surface area contributed by atoms with Gasteiger partial charge in [0.2, 0.25) is 0 Å². The van der Waals surface area contributed by atoms with E-state index in [0.717, 1.165) is 13.0 Å². The van der Waals surface area contributed by atoms with Gasteiger partial charge >= 0.3 is 0 Å². The second-order valence-electron chi connectivity index (χ2n) is 5.32. The van der Waals surface area contributed by atoms with Gasteiger partial charge in [0.25, 0.3) is 0 Å². The van der Waals surface area contributed by atoms with Crippen molar-refractivity contribution in [3.05, 3.63) is 35.9 Å². The summed E-state index contributed by atoms with van der Waals surface area (Å²) in [6.45, 7) is 3.21. The van der Waals surface area contributed by atoms with Gasteiger partial charge in [-0.2, -0.15) is 0 Å². The van der Waals surface area contributed by atoms with Gasteiger partial charge in [0.15, 0.2) is 0 Å². The Morgan fingerprint density at radius 2 is 2.00 bits per heavy atom. The molecular formula is C15H24N2. The van der Waals surface area contributed by atoms with Crippen molar-refractivity contribution in [2.45, 2.75) is 50.6 Å². The molecule has 17 heavy (non-hydrogen) atoms. The van der Waals surface area contributed by atoms with Crippen LogP contribution in [0.15, 0.2) is 30.3 Å². The van der Waals surface area contributed by atoms with Gasteiger partial charge in [-0.15, -0.1) is 0 Å². The first-order valence-corrected chi connectivity index (χ1v) is 6.79. The highest BCUT2D eigenvalue weighted by atomic mass is 15.0. The van der Waals surface area contributed by atoms with E-state index in [-0.39, 0.29) is 6.04 Å². The molecule has 1 aromatic rings. The van der Waals surface area contributed by atoms with Crippen molar-refractivity contribution in [2.24, 2.45) is 5.73 Å². The molecule has 0 radical (unpaired) electrons. The van der Waals surface area contributed by atoms with Crippen molar-refractivity contribution in [1.29, 1.82) is 0 Å². The van der Waals surface area contributed by atoms with Gasteiger partial charge in [0, 0.05) is 18.1 Å². The monoisotopic (exact) mass is 232 g/mol. The lowest BCUT2D eigenvalue weighted by atomic mass is 9.74. The largest absolute Gasteiger partial charge is 0.326 e. The van der Waals surface area contributed by atoms with E-state index >= 15 is 0 Å². The van der Waals surface area contributed by atoms with E-state index in [0.29, 0.717) is 5.54 Å². The number of benzene rings is 1. The third kappa shape index (κ3) is 3.30. The van der Waals surface area contributed by atoms with Crippen LogP contribution >= 0.6 is 0 Å². The first-order chi connectivity index (χ1) is 8.24. The van der Waals surface area contributed by atoms with Crippen molar-refractivity contribution >= 4 is 0 Å². The van der Waals surface area contributed by atoms with Crippen molar-refractivity contribution < 1.29 is 0 Å². The Balaban J connectivity index is 1.76. The van der Waals surface area contributed by atoms with Gasteiger partial charge in [-0.25, -0.2) is 0 Å². The summed E-state index contributed by atoms with van der Waals surface area (Å²) in [5.74, 6) is 0. The number of nitrogens with one attached hydrogen (secondary N) is 1. The molecule has 0 spiro atoms.